The lowest BCUT2D eigenvalue weighted by Crippen LogP contribution is -2.41. The number of likely N-dealkylation sites (tertiary alicyclic amines) is 1. The molecule has 1 saturated heterocycles. The Hall–Kier alpha value is -3.38. The lowest BCUT2D eigenvalue weighted by molar-refractivity contribution is 0.0633. The van der Waals surface area contributed by atoms with Crippen molar-refractivity contribution >= 4 is 28.6 Å². The second-order valence-electron chi connectivity index (χ2n) is 7.27. The molecule has 0 saturated carbocycles. The van der Waals surface area contributed by atoms with Crippen LogP contribution in [-0.4, -0.2) is 40.5 Å². The summed E-state index contributed by atoms with van der Waals surface area (Å²) in [5.74, 6) is 0.901. The molecule has 2 atom stereocenters. The molecule has 2 aliphatic rings. The second-order valence-corrected chi connectivity index (χ2v) is 8.15. The van der Waals surface area contributed by atoms with E-state index in [1.165, 1.54) is 0 Å². The first-order chi connectivity index (χ1) is 14.5. The topological polar surface area (TPSA) is 121 Å². The Kier molecular flexibility index (Phi) is 5.68. The Morgan fingerprint density at radius 2 is 2.13 bits per heavy atom. The minimum absolute atomic E-state index is 0.0377. The monoisotopic (exact) mass is 423 g/mol. The number of nitrogens with one attached hydrogen (secondary N) is 1. The molecule has 0 spiro atoms. The Balaban J connectivity index is 1.42. The smallest absolute Gasteiger partial charge is 0.253 e. The van der Waals surface area contributed by atoms with Crippen molar-refractivity contribution in [3.63, 3.8) is 0 Å². The molecule has 0 aromatic heterocycles. The summed E-state index contributed by atoms with van der Waals surface area (Å²) in [5.41, 5.74) is 8.30. The van der Waals surface area contributed by atoms with Gasteiger partial charge in [0.2, 0.25) is 11.2 Å². The van der Waals surface area contributed by atoms with Crippen LogP contribution in [0.3, 0.4) is 0 Å². The highest BCUT2D eigenvalue weighted by Gasteiger charge is 2.26. The number of nitrogens with zero attached hydrogens (tertiary/aromatic N) is 3. The number of rotatable bonds is 4. The lowest BCUT2D eigenvalue weighted by atomic mass is 9.98. The molecular weight excluding hydrogens is 402 g/mol. The number of carbonyl (C=O) groups is 1. The summed E-state index contributed by atoms with van der Waals surface area (Å²) in [6.45, 7) is 1.73. The summed E-state index contributed by atoms with van der Waals surface area (Å²) in [6, 6.07) is 14.1. The first-order valence-electron chi connectivity index (χ1n) is 9.63. The van der Waals surface area contributed by atoms with Gasteiger partial charge in [0.05, 0.1) is 29.5 Å². The maximum Gasteiger partial charge on any atom is 0.253 e. The van der Waals surface area contributed by atoms with E-state index in [1.807, 2.05) is 4.90 Å². The summed E-state index contributed by atoms with van der Waals surface area (Å²) >= 11 is -1.58. The van der Waals surface area contributed by atoms with Gasteiger partial charge in [0.15, 0.2) is 0 Å². The predicted octanol–water partition coefficient (Wildman–Crippen LogP) is 2.20. The largest absolute Gasteiger partial charge is 0.492 e. The number of nitrogens with two attached hydrogens (primary N) is 1. The fraction of sp³-hybridized carbons (Fsp3) is 0.286. The highest BCUT2D eigenvalue weighted by atomic mass is 32.2. The van der Waals surface area contributed by atoms with Gasteiger partial charge < -0.3 is 15.4 Å². The van der Waals surface area contributed by atoms with Crippen molar-refractivity contribution < 1.29 is 13.7 Å². The summed E-state index contributed by atoms with van der Waals surface area (Å²) < 4.78 is 24.3. The number of anilines is 1. The predicted molar refractivity (Wildman–Crippen MR) is 114 cm³/mol. The van der Waals surface area contributed by atoms with E-state index in [4.69, 9.17) is 15.7 Å². The van der Waals surface area contributed by atoms with Crippen LogP contribution in [0.15, 0.2) is 46.9 Å². The third-order valence-corrected chi connectivity index (χ3v) is 5.96. The van der Waals surface area contributed by atoms with E-state index in [1.54, 1.807) is 42.5 Å². The number of ether oxygens (including phenoxy) is 1. The standard InChI is InChI=1S/C21H21N5O3S/c22-11-14-6-8-16(9-7-14)21(27)26-10-2-3-15(12-26)13-29-18-5-1-4-17-19(18)20(23)25-30(28)24-17/h1,4-9,15,24H,2-3,10,12-13H2,(H2,23,25). The fourth-order valence-electron chi connectivity index (χ4n) is 3.72. The van der Waals surface area contributed by atoms with Crippen molar-refractivity contribution in [2.45, 2.75) is 12.8 Å². The van der Waals surface area contributed by atoms with Gasteiger partial charge in [0, 0.05) is 24.6 Å². The van der Waals surface area contributed by atoms with Crippen molar-refractivity contribution in [2.24, 2.45) is 16.0 Å². The molecule has 0 radical (unpaired) electrons. The molecule has 2 aromatic carbocycles. The number of hydrogen-bond donors (Lipinski definition) is 2. The molecule has 0 bridgehead atoms. The van der Waals surface area contributed by atoms with Gasteiger partial charge in [-0.15, -0.1) is 0 Å². The van der Waals surface area contributed by atoms with Crippen molar-refractivity contribution in [2.75, 3.05) is 24.4 Å². The Morgan fingerprint density at radius 3 is 2.90 bits per heavy atom. The number of nitriles is 1. The molecule has 1 fully saturated rings. The van der Waals surface area contributed by atoms with Crippen LogP contribution in [0.25, 0.3) is 0 Å². The molecule has 2 aromatic rings. The van der Waals surface area contributed by atoms with E-state index >= 15 is 0 Å². The molecule has 8 nitrogen and oxygen atoms in total. The summed E-state index contributed by atoms with van der Waals surface area (Å²) in [6.07, 6.45) is 1.85. The third kappa shape index (κ3) is 4.14. The number of amides is 1. The normalized spacial score (nSPS) is 20.4. The molecule has 3 N–H and O–H groups in total. The van der Waals surface area contributed by atoms with Crippen molar-refractivity contribution in [1.29, 1.82) is 5.26 Å². The van der Waals surface area contributed by atoms with E-state index in [0.717, 1.165) is 12.8 Å². The van der Waals surface area contributed by atoms with E-state index in [0.29, 0.717) is 47.8 Å². The van der Waals surface area contributed by atoms with Crippen LogP contribution < -0.4 is 15.2 Å². The molecule has 2 aliphatic heterocycles. The Morgan fingerprint density at radius 1 is 1.33 bits per heavy atom. The minimum Gasteiger partial charge on any atom is -0.492 e. The van der Waals surface area contributed by atoms with E-state index < -0.39 is 11.2 Å². The van der Waals surface area contributed by atoms with Crippen LogP contribution in [-0.2, 0) is 11.2 Å². The van der Waals surface area contributed by atoms with Gasteiger partial charge in [-0.3, -0.25) is 9.52 Å². The van der Waals surface area contributed by atoms with Crippen LogP contribution >= 0.6 is 0 Å². The molecular formula is C21H21N5O3S. The maximum absolute atomic E-state index is 12.8. The molecule has 9 heteroatoms. The molecule has 1 amide bonds. The number of hydrogen-bond acceptors (Lipinski definition) is 5. The highest BCUT2D eigenvalue weighted by Crippen LogP contribution is 2.30. The zero-order valence-electron chi connectivity index (χ0n) is 16.2. The SMILES string of the molecule is N#Cc1ccc(C(=O)N2CCCC(COc3cccc4c3C(N)=NS(=O)N4)C2)cc1. The summed E-state index contributed by atoms with van der Waals surface area (Å²) in [7, 11) is 0. The molecule has 2 unspecified atom stereocenters. The van der Waals surface area contributed by atoms with E-state index in [-0.39, 0.29) is 17.7 Å². The van der Waals surface area contributed by atoms with Gasteiger partial charge >= 0.3 is 0 Å². The van der Waals surface area contributed by atoms with Crippen LogP contribution in [0.2, 0.25) is 0 Å². The highest BCUT2D eigenvalue weighted by molar-refractivity contribution is 7.85. The first kappa shape index (κ1) is 19.9. The van der Waals surface area contributed by atoms with Gasteiger partial charge in [-0.2, -0.15) is 9.66 Å². The molecule has 4 rings (SSSR count). The number of benzene rings is 2. The minimum atomic E-state index is -1.58. The van der Waals surface area contributed by atoms with Gasteiger partial charge in [-0.1, -0.05) is 6.07 Å². The van der Waals surface area contributed by atoms with Gasteiger partial charge in [-0.25, -0.2) is 4.21 Å². The van der Waals surface area contributed by atoms with Crippen molar-refractivity contribution in [1.82, 2.24) is 4.90 Å². The van der Waals surface area contributed by atoms with Crippen molar-refractivity contribution in [3.8, 4) is 11.8 Å². The van der Waals surface area contributed by atoms with E-state index in [9.17, 15) is 9.00 Å². The average Bonchev–Trinajstić information content (AvgIpc) is 2.77. The maximum atomic E-state index is 12.8. The van der Waals surface area contributed by atoms with E-state index in [2.05, 4.69) is 15.2 Å². The molecule has 2 heterocycles. The zero-order valence-corrected chi connectivity index (χ0v) is 17.0. The number of fused-ring (bicyclic) bond motifs is 1. The Labute approximate surface area is 177 Å². The average molecular weight is 423 g/mol. The summed E-state index contributed by atoms with van der Waals surface area (Å²) in [5, 5.41) is 8.91. The number of carbonyl (C=O) groups excluding carboxylic acids is 1. The molecule has 0 aliphatic carbocycles. The van der Waals surface area contributed by atoms with Crippen molar-refractivity contribution in [3.05, 3.63) is 59.2 Å². The molecule has 30 heavy (non-hydrogen) atoms. The first-order valence-corrected chi connectivity index (χ1v) is 10.7. The number of piperidine rings is 1. The van der Waals surface area contributed by atoms with Crippen LogP contribution in [0, 0.1) is 17.2 Å². The second kappa shape index (κ2) is 8.55. The Bertz CT molecular complexity index is 1060. The fourth-order valence-corrected chi connectivity index (χ4v) is 4.39. The zero-order chi connectivity index (χ0) is 21.1. The van der Waals surface area contributed by atoms with Crippen LogP contribution in [0.5, 0.6) is 5.75 Å². The van der Waals surface area contributed by atoms with Gasteiger partial charge in [0.1, 0.15) is 11.6 Å². The van der Waals surface area contributed by atoms with Gasteiger partial charge in [-0.05, 0) is 49.2 Å². The van der Waals surface area contributed by atoms with Crippen LogP contribution in [0.1, 0.15) is 34.3 Å². The quantitative estimate of drug-likeness (QED) is 0.781. The third-order valence-electron chi connectivity index (χ3n) is 5.20. The number of amidine groups is 1. The van der Waals surface area contributed by atoms with Crippen LogP contribution in [0.4, 0.5) is 5.69 Å². The van der Waals surface area contributed by atoms with Gasteiger partial charge in [0.25, 0.3) is 5.91 Å². The lowest BCUT2D eigenvalue weighted by Gasteiger charge is -2.33. The summed E-state index contributed by atoms with van der Waals surface area (Å²) in [4.78, 5) is 14.7. The molecule has 154 valence electrons.